The summed E-state index contributed by atoms with van der Waals surface area (Å²) in [6.07, 6.45) is 1.60. The number of nitrogens with one attached hydrogen (secondary N) is 1. The van der Waals surface area contributed by atoms with Gasteiger partial charge in [-0.05, 0) is 15.9 Å². The summed E-state index contributed by atoms with van der Waals surface area (Å²) in [6, 6.07) is 2.17. The summed E-state index contributed by atoms with van der Waals surface area (Å²) in [5, 5.41) is 3.62. The van der Waals surface area contributed by atoms with Crippen LogP contribution in [0, 0.1) is 11.6 Å². The van der Waals surface area contributed by atoms with Gasteiger partial charge < -0.3 is 10.2 Å². The minimum absolute atomic E-state index is 0. The maximum Gasteiger partial charge on any atom is 0.137 e. The van der Waals surface area contributed by atoms with Crippen LogP contribution in [-0.4, -0.2) is 31.2 Å². The minimum Gasteiger partial charge on any atom is -0.367 e. The van der Waals surface area contributed by atoms with Crippen molar-refractivity contribution in [3.63, 3.8) is 0 Å². The van der Waals surface area contributed by atoms with E-state index in [1.165, 1.54) is 6.07 Å². The number of nitrogens with zero attached hydrogens (tertiary/aromatic N) is 2. The van der Waals surface area contributed by atoms with Crippen molar-refractivity contribution in [3.05, 3.63) is 34.4 Å². The second-order valence-corrected chi connectivity index (χ2v) is 5.33. The first-order chi connectivity index (χ1) is 9.16. The Hall–Kier alpha value is -0.980. The van der Waals surface area contributed by atoms with Gasteiger partial charge in [-0.3, -0.25) is 4.98 Å². The van der Waals surface area contributed by atoms with Crippen LogP contribution in [-0.2, 0) is 0 Å². The molecule has 1 fully saturated rings. The van der Waals surface area contributed by atoms with Gasteiger partial charge in [0, 0.05) is 44.5 Å². The summed E-state index contributed by atoms with van der Waals surface area (Å²) >= 11 is 3.42. The largest absolute Gasteiger partial charge is 0.367 e. The van der Waals surface area contributed by atoms with Crippen LogP contribution in [0.15, 0.2) is 22.8 Å². The topological polar surface area (TPSA) is 28.2 Å². The van der Waals surface area contributed by atoms with Crippen molar-refractivity contribution >= 4 is 44.9 Å². The molecule has 1 aromatic heterocycles. The number of halogens is 4. The van der Waals surface area contributed by atoms with Gasteiger partial charge in [-0.15, -0.1) is 12.4 Å². The molecular weight excluding hydrogens is 352 g/mol. The summed E-state index contributed by atoms with van der Waals surface area (Å²) in [5.41, 5.74) is 1.10. The van der Waals surface area contributed by atoms with Crippen LogP contribution in [0.4, 0.5) is 14.5 Å². The number of anilines is 1. The van der Waals surface area contributed by atoms with E-state index in [0.29, 0.717) is 10.9 Å². The fourth-order valence-corrected chi connectivity index (χ4v) is 2.95. The van der Waals surface area contributed by atoms with Gasteiger partial charge in [-0.2, -0.15) is 0 Å². The fraction of sp³-hybridized carbons (Fsp3) is 0.308. The average Bonchev–Trinajstić information content (AvgIpc) is 2.40. The predicted molar refractivity (Wildman–Crippen MR) is 81.7 cm³/mol. The van der Waals surface area contributed by atoms with E-state index in [4.69, 9.17) is 0 Å². The van der Waals surface area contributed by atoms with Gasteiger partial charge in [0.05, 0.1) is 21.1 Å². The molecule has 1 N–H and O–H groups in total. The standard InChI is InChI=1S/C13H12BrF2N3.ClH/c14-9-7-18-11-6-8(15)5-10(16)12(11)13(9)19-3-1-17-2-4-19;/h5-7,17H,1-4H2;1H. The number of fused-ring (bicyclic) bond motifs is 1. The summed E-state index contributed by atoms with van der Waals surface area (Å²) in [4.78, 5) is 6.18. The van der Waals surface area contributed by atoms with E-state index < -0.39 is 11.6 Å². The summed E-state index contributed by atoms with van der Waals surface area (Å²) in [6.45, 7) is 3.27. The van der Waals surface area contributed by atoms with Crippen LogP contribution < -0.4 is 10.2 Å². The Kier molecular flexibility index (Phi) is 4.78. The molecule has 0 saturated carbocycles. The number of hydrogen-bond acceptors (Lipinski definition) is 3. The highest BCUT2D eigenvalue weighted by atomic mass is 79.9. The van der Waals surface area contributed by atoms with Crippen LogP contribution in [0.25, 0.3) is 10.9 Å². The lowest BCUT2D eigenvalue weighted by Crippen LogP contribution is -2.43. The van der Waals surface area contributed by atoms with E-state index in [1.54, 1.807) is 6.20 Å². The van der Waals surface area contributed by atoms with Crippen molar-refractivity contribution in [1.82, 2.24) is 10.3 Å². The number of benzene rings is 1. The summed E-state index contributed by atoms with van der Waals surface area (Å²) < 4.78 is 28.1. The predicted octanol–water partition coefficient (Wildman–Crippen LogP) is 3.11. The van der Waals surface area contributed by atoms with Gasteiger partial charge >= 0.3 is 0 Å². The molecule has 1 aliphatic heterocycles. The molecule has 20 heavy (non-hydrogen) atoms. The fourth-order valence-electron chi connectivity index (χ4n) is 2.40. The Morgan fingerprint density at radius 2 is 1.90 bits per heavy atom. The maximum atomic E-state index is 14.1. The summed E-state index contributed by atoms with van der Waals surface area (Å²) in [7, 11) is 0. The van der Waals surface area contributed by atoms with Crippen molar-refractivity contribution in [2.75, 3.05) is 31.1 Å². The smallest absolute Gasteiger partial charge is 0.137 e. The number of pyridine rings is 1. The lowest BCUT2D eigenvalue weighted by molar-refractivity contribution is 0.582. The molecule has 3 rings (SSSR count). The number of aromatic nitrogens is 1. The molecule has 1 saturated heterocycles. The van der Waals surface area contributed by atoms with Crippen LogP contribution in [0.2, 0.25) is 0 Å². The number of piperazine rings is 1. The Bertz CT molecular complexity index is 633. The molecule has 0 atom stereocenters. The van der Waals surface area contributed by atoms with Crippen molar-refractivity contribution < 1.29 is 8.78 Å². The first-order valence-corrected chi connectivity index (χ1v) is 6.85. The Morgan fingerprint density at radius 1 is 1.20 bits per heavy atom. The van der Waals surface area contributed by atoms with E-state index in [0.717, 1.165) is 42.4 Å². The zero-order valence-corrected chi connectivity index (χ0v) is 12.9. The maximum absolute atomic E-state index is 14.1. The molecule has 1 aromatic carbocycles. The summed E-state index contributed by atoms with van der Waals surface area (Å²) in [5.74, 6) is -1.18. The van der Waals surface area contributed by atoms with Gasteiger partial charge in [0.1, 0.15) is 11.6 Å². The van der Waals surface area contributed by atoms with Crippen LogP contribution in [0.5, 0.6) is 0 Å². The van der Waals surface area contributed by atoms with E-state index in [1.807, 2.05) is 0 Å². The first kappa shape index (κ1) is 15.4. The van der Waals surface area contributed by atoms with Gasteiger partial charge in [0.25, 0.3) is 0 Å². The lowest BCUT2D eigenvalue weighted by atomic mass is 10.1. The van der Waals surface area contributed by atoms with Crippen molar-refractivity contribution in [3.8, 4) is 0 Å². The molecule has 3 nitrogen and oxygen atoms in total. The van der Waals surface area contributed by atoms with Crippen molar-refractivity contribution in [2.45, 2.75) is 0 Å². The molecule has 0 radical (unpaired) electrons. The van der Waals surface area contributed by atoms with Crippen molar-refractivity contribution in [1.29, 1.82) is 0 Å². The van der Waals surface area contributed by atoms with Crippen LogP contribution in [0.1, 0.15) is 0 Å². The molecule has 0 amide bonds. The number of hydrogen-bond donors (Lipinski definition) is 1. The zero-order valence-electron chi connectivity index (χ0n) is 10.5. The lowest BCUT2D eigenvalue weighted by Gasteiger charge is -2.31. The average molecular weight is 365 g/mol. The normalized spacial score (nSPS) is 15.2. The monoisotopic (exact) mass is 363 g/mol. The Morgan fingerprint density at radius 3 is 2.60 bits per heavy atom. The van der Waals surface area contributed by atoms with Gasteiger partial charge in [-0.25, -0.2) is 8.78 Å². The Balaban J connectivity index is 0.00000147. The van der Waals surface area contributed by atoms with Crippen LogP contribution >= 0.6 is 28.3 Å². The number of rotatable bonds is 1. The van der Waals surface area contributed by atoms with E-state index in [2.05, 4.69) is 31.1 Å². The van der Waals surface area contributed by atoms with E-state index >= 15 is 0 Å². The zero-order chi connectivity index (χ0) is 13.4. The molecule has 0 bridgehead atoms. The van der Waals surface area contributed by atoms with E-state index in [9.17, 15) is 8.78 Å². The highest BCUT2D eigenvalue weighted by Crippen LogP contribution is 2.35. The van der Waals surface area contributed by atoms with Gasteiger partial charge in [0.2, 0.25) is 0 Å². The molecule has 0 aliphatic carbocycles. The molecule has 0 spiro atoms. The van der Waals surface area contributed by atoms with Gasteiger partial charge in [-0.1, -0.05) is 0 Å². The SMILES string of the molecule is Cl.Fc1cc(F)c2c(N3CCNCC3)c(Br)cnc2c1. The Labute approximate surface area is 129 Å². The second-order valence-electron chi connectivity index (χ2n) is 4.47. The molecule has 7 heteroatoms. The van der Waals surface area contributed by atoms with Crippen molar-refractivity contribution in [2.24, 2.45) is 0 Å². The highest BCUT2D eigenvalue weighted by molar-refractivity contribution is 9.10. The highest BCUT2D eigenvalue weighted by Gasteiger charge is 2.20. The van der Waals surface area contributed by atoms with Crippen LogP contribution in [0.3, 0.4) is 0 Å². The van der Waals surface area contributed by atoms with Gasteiger partial charge in [0.15, 0.2) is 0 Å². The minimum atomic E-state index is -0.605. The molecule has 0 unspecified atom stereocenters. The molecular formula is C13H13BrClF2N3. The second kappa shape index (κ2) is 6.20. The third kappa shape index (κ3) is 2.73. The quantitative estimate of drug-likeness (QED) is 0.843. The van der Waals surface area contributed by atoms with E-state index in [-0.39, 0.29) is 12.4 Å². The third-order valence-corrected chi connectivity index (χ3v) is 3.83. The molecule has 108 valence electrons. The molecule has 1 aliphatic rings. The first-order valence-electron chi connectivity index (χ1n) is 6.06. The third-order valence-electron chi connectivity index (χ3n) is 3.25. The molecule has 2 aromatic rings. The molecule has 2 heterocycles.